The molecule has 0 unspecified atom stereocenters. The molecule has 0 fully saturated rings. The molecule has 12 heteroatoms. The van der Waals surface area contributed by atoms with Crippen molar-refractivity contribution in [3.63, 3.8) is 0 Å². The first-order valence-electron chi connectivity index (χ1n) is 9.26. The van der Waals surface area contributed by atoms with E-state index in [1.807, 2.05) is 0 Å². The van der Waals surface area contributed by atoms with Gasteiger partial charge >= 0.3 is 23.9 Å². The Labute approximate surface area is 191 Å². The Morgan fingerprint density at radius 1 is 0.697 bits per heavy atom. The van der Waals surface area contributed by atoms with E-state index >= 15 is 0 Å². The highest BCUT2D eigenvalue weighted by molar-refractivity contribution is 5.89. The van der Waals surface area contributed by atoms with Gasteiger partial charge in [0.25, 0.3) is 0 Å². The lowest BCUT2D eigenvalue weighted by molar-refractivity contribution is -0.172. The van der Waals surface area contributed by atoms with Crippen molar-refractivity contribution in [3.8, 4) is 0 Å². The summed E-state index contributed by atoms with van der Waals surface area (Å²) in [7, 11) is 0. The van der Waals surface area contributed by atoms with Crippen molar-refractivity contribution in [2.24, 2.45) is 5.41 Å². The number of carbonyl (C=O) groups is 4. The summed E-state index contributed by atoms with van der Waals surface area (Å²) in [5.74, 6) is -4.73. The molecule has 0 aromatic rings. The number of rotatable bonds is 18. The Morgan fingerprint density at radius 3 is 1.36 bits per heavy atom. The van der Waals surface area contributed by atoms with Crippen LogP contribution in [0, 0.1) is 5.41 Å². The van der Waals surface area contributed by atoms with E-state index in [2.05, 4.69) is 35.8 Å². The van der Waals surface area contributed by atoms with Crippen molar-refractivity contribution in [2.75, 3.05) is 40.0 Å². The van der Waals surface area contributed by atoms with E-state index in [0.29, 0.717) is 0 Å². The quantitative estimate of drug-likeness (QED) is 0.0712. The van der Waals surface area contributed by atoms with Crippen LogP contribution in [0.3, 0.4) is 0 Å². The van der Waals surface area contributed by atoms with Crippen molar-refractivity contribution >= 4 is 23.9 Å². The largest absolute Gasteiger partial charge is 0.476 e. The van der Waals surface area contributed by atoms with E-state index in [9.17, 15) is 19.2 Å². The monoisotopic (exact) mass is 472 g/mol. The predicted octanol–water partition coefficient (Wildman–Crippen LogP) is 1.48. The smallest absolute Gasteiger partial charge is 0.373 e. The summed E-state index contributed by atoms with van der Waals surface area (Å²) in [5.41, 5.74) is -1.31. The van der Waals surface area contributed by atoms with Crippen LogP contribution in [-0.2, 0) is 57.1 Å². The van der Waals surface area contributed by atoms with Gasteiger partial charge in [0.15, 0.2) is 13.6 Å². The van der Waals surface area contributed by atoms with E-state index in [-0.39, 0.29) is 26.8 Å². The zero-order valence-electron chi connectivity index (χ0n) is 18.6. The van der Waals surface area contributed by atoms with Gasteiger partial charge in [0.1, 0.15) is 13.2 Å². The van der Waals surface area contributed by atoms with Gasteiger partial charge in [0.05, 0.1) is 31.2 Å². The molecule has 0 amide bonds. The van der Waals surface area contributed by atoms with Gasteiger partial charge < -0.3 is 37.9 Å². The van der Waals surface area contributed by atoms with Crippen molar-refractivity contribution < 1.29 is 57.1 Å². The molecule has 33 heavy (non-hydrogen) atoms. The van der Waals surface area contributed by atoms with E-state index in [1.54, 1.807) is 0 Å². The summed E-state index contributed by atoms with van der Waals surface area (Å²) in [6, 6.07) is 0. The number of esters is 4. The average Bonchev–Trinajstić information content (AvgIpc) is 2.75. The van der Waals surface area contributed by atoms with Gasteiger partial charge in [-0.25, -0.2) is 9.59 Å². The summed E-state index contributed by atoms with van der Waals surface area (Å²) in [6.07, 6.45) is 2.28. The molecule has 0 spiro atoms. The third-order valence-electron chi connectivity index (χ3n) is 3.36. The molecule has 0 aliphatic carbocycles. The molecule has 12 nitrogen and oxygen atoms in total. The van der Waals surface area contributed by atoms with Gasteiger partial charge in [-0.3, -0.25) is 9.59 Å². The van der Waals surface area contributed by atoms with Crippen molar-refractivity contribution in [1.82, 2.24) is 0 Å². The lowest BCUT2D eigenvalue weighted by Crippen LogP contribution is -2.43. The highest BCUT2D eigenvalue weighted by Crippen LogP contribution is 2.22. The Hall–Kier alpha value is -3.64. The van der Waals surface area contributed by atoms with Crippen molar-refractivity contribution in [3.05, 3.63) is 50.4 Å². The highest BCUT2D eigenvalue weighted by Gasteiger charge is 2.36. The molecule has 0 aliphatic heterocycles. The second kappa shape index (κ2) is 16.1. The van der Waals surface area contributed by atoms with Crippen LogP contribution >= 0.6 is 0 Å². The molecule has 0 aromatic heterocycles. The third kappa shape index (κ3) is 13.4. The minimum Gasteiger partial charge on any atom is -0.476 e. The van der Waals surface area contributed by atoms with Crippen LogP contribution in [0.5, 0.6) is 0 Å². The normalized spacial score (nSPS) is 10.2. The van der Waals surface area contributed by atoms with Crippen molar-refractivity contribution in [1.29, 1.82) is 0 Å². The van der Waals surface area contributed by atoms with Gasteiger partial charge in [-0.05, 0) is 13.2 Å². The molecule has 184 valence electrons. The molecule has 0 heterocycles. The van der Waals surface area contributed by atoms with Crippen LogP contribution in [0.2, 0.25) is 0 Å². The summed E-state index contributed by atoms with van der Waals surface area (Å²) < 4.78 is 40.0. The van der Waals surface area contributed by atoms with Crippen LogP contribution in [-0.4, -0.2) is 63.9 Å². The van der Waals surface area contributed by atoms with Gasteiger partial charge in [0.2, 0.25) is 11.5 Å². The van der Waals surface area contributed by atoms with Gasteiger partial charge in [-0.1, -0.05) is 13.2 Å². The molecule has 0 bridgehead atoms. The highest BCUT2D eigenvalue weighted by atomic mass is 16.7. The Kier molecular flexibility index (Phi) is 14.3. The van der Waals surface area contributed by atoms with E-state index < -0.39 is 54.0 Å². The van der Waals surface area contributed by atoms with E-state index in [0.717, 1.165) is 26.4 Å². The summed E-state index contributed by atoms with van der Waals surface area (Å²) in [5, 5.41) is 0. The number of ether oxygens (including phenoxy) is 8. The lowest BCUT2D eigenvalue weighted by atomic mass is 9.92. The first-order chi connectivity index (χ1) is 15.6. The fraction of sp³-hybridized carbons (Fsp3) is 0.429. The van der Waals surface area contributed by atoms with Crippen molar-refractivity contribution in [2.45, 2.75) is 13.8 Å². The zero-order valence-corrected chi connectivity index (χ0v) is 18.6. The topological polar surface area (TPSA) is 142 Å². The number of carbonyl (C=O) groups excluding carboxylic acids is 4. The Balaban J connectivity index is 5.49. The lowest BCUT2D eigenvalue weighted by Gasteiger charge is -2.32. The van der Waals surface area contributed by atoms with Gasteiger partial charge in [0, 0.05) is 13.8 Å². The maximum Gasteiger partial charge on any atom is 0.373 e. The van der Waals surface area contributed by atoms with Crippen LogP contribution in [0.4, 0.5) is 0 Å². The number of hydrogen-bond acceptors (Lipinski definition) is 12. The van der Waals surface area contributed by atoms with Gasteiger partial charge in [-0.15, -0.1) is 0 Å². The molecular formula is C21H28O12. The molecule has 0 atom stereocenters. The zero-order chi connectivity index (χ0) is 25.3. The van der Waals surface area contributed by atoms with E-state index in [4.69, 9.17) is 28.4 Å². The third-order valence-corrected chi connectivity index (χ3v) is 3.36. The molecule has 0 saturated heterocycles. The fourth-order valence-electron chi connectivity index (χ4n) is 1.99. The molecule has 0 saturated carbocycles. The first-order valence-corrected chi connectivity index (χ1v) is 9.26. The standard InChI is InChI=1S/C21H28O12/c1-7-26-13-28-9-21(10-29-14-27-8-2,11-30-19(24)15(3)32-17(5)22)12-31-20(25)16(4)33-18(6)23/h7-8H,1-4,9-14H2,5-6H3. The maximum atomic E-state index is 12.1. The van der Waals surface area contributed by atoms with Crippen LogP contribution in [0.15, 0.2) is 50.4 Å². The van der Waals surface area contributed by atoms with E-state index in [1.165, 1.54) is 0 Å². The summed E-state index contributed by atoms with van der Waals surface area (Å²) >= 11 is 0. The second-order valence-electron chi connectivity index (χ2n) is 6.29. The second-order valence-corrected chi connectivity index (χ2v) is 6.29. The first kappa shape index (κ1) is 29.4. The summed E-state index contributed by atoms with van der Waals surface area (Å²) in [4.78, 5) is 46.2. The van der Waals surface area contributed by atoms with Gasteiger partial charge in [-0.2, -0.15) is 0 Å². The molecular weight excluding hydrogens is 444 g/mol. The van der Waals surface area contributed by atoms with Crippen LogP contribution in [0.25, 0.3) is 0 Å². The fourth-order valence-corrected chi connectivity index (χ4v) is 1.99. The maximum absolute atomic E-state index is 12.1. The number of hydrogen-bond donors (Lipinski definition) is 0. The molecule has 0 aliphatic rings. The Bertz CT molecular complexity index is 678. The molecule has 0 aromatic carbocycles. The minimum absolute atomic E-state index is 0.213. The predicted molar refractivity (Wildman–Crippen MR) is 110 cm³/mol. The molecule has 0 rings (SSSR count). The van der Waals surface area contributed by atoms with Crippen LogP contribution < -0.4 is 0 Å². The van der Waals surface area contributed by atoms with Crippen LogP contribution in [0.1, 0.15) is 13.8 Å². The molecule has 0 radical (unpaired) electrons. The SMILES string of the molecule is C=COCOCC(COCOC=C)(COC(=O)C(=C)OC(C)=O)COC(=O)C(=C)OC(C)=O. The molecule has 0 N–H and O–H groups in total. The summed E-state index contributed by atoms with van der Waals surface area (Å²) in [6.45, 7) is 13.8. The Morgan fingerprint density at radius 2 is 1.06 bits per heavy atom. The average molecular weight is 472 g/mol. The minimum atomic E-state index is -1.31.